The number of hydrogen-bond acceptors (Lipinski definition) is 2. The van der Waals surface area contributed by atoms with Crippen LogP contribution in [0.1, 0.15) is 13.8 Å². The molecule has 0 atom stereocenters. The molecule has 0 radical (unpaired) electrons. The van der Waals surface area contributed by atoms with Gasteiger partial charge in [-0.15, -0.1) is 0 Å². The summed E-state index contributed by atoms with van der Waals surface area (Å²) in [6, 6.07) is 2.96. The molecule has 0 heterocycles. The zero-order valence-corrected chi connectivity index (χ0v) is 9.55. The van der Waals surface area contributed by atoms with Crippen LogP contribution in [0.2, 0.25) is 0 Å². The molecule has 0 saturated heterocycles. The van der Waals surface area contributed by atoms with Crippen LogP contribution >= 0.6 is 0 Å². The van der Waals surface area contributed by atoms with Gasteiger partial charge >= 0.3 is 6.18 Å². The lowest BCUT2D eigenvalue weighted by Crippen LogP contribution is -2.39. The molecule has 2 nitrogen and oxygen atoms in total. The van der Waals surface area contributed by atoms with Crippen molar-refractivity contribution in [3.8, 4) is 0 Å². The van der Waals surface area contributed by atoms with Gasteiger partial charge in [-0.2, -0.15) is 13.2 Å². The van der Waals surface area contributed by atoms with E-state index in [0.29, 0.717) is 0 Å². The zero-order chi connectivity index (χ0) is 13.2. The van der Waals surface area contributed by atoms with Gasteiger partial charge in [0.05, 0.1) is 11.4 Å². The van der Waals surface area contributed by atoms with Crippen LogP contribution in [0, 0.1) is 5.82 Å². The first kappa shape index (κ1) is 13.6. The Bertz CT molecular complexity index is 388. The van der Waals surface area contributed by atoms with Gasteiger partial charge in [0.1, 0.15) is 12.4 Å². The Hall–Kier alpha value is -1.46. The van der Waals surface area contributed by atoms with Gasteiger partial charge in [-0.25, -0.2) is 4.39 Å². The summed E-state index contributed by atoms with van der Waals surface area (Å²) >= 11 is 0. The third-order valence-electron chi connectivity index (χ3n) is 2.27. The number of nitrogen functional groups attached to an aromatic ring is 1. The number of benzene rings is 1. The molecule has 1 aromatic carbocycles. The largest absolute Gasteiger partial charge is 0.405 e. The summed E-state index contributed by atoms with van der Waals surface area (Å²) in [7, 11) is 0. The first-order valence-corrected chi connectivity index (χ1v) is 5.09. The molecule has 0 aliphatic heterocycles. The molecular formula is C11H14F4N2. The summed E-state index contributed by atoms with van der Waals surface area (Å²) < 4.78 is 50.3. The van der Waals surface area contributed by atoms with Crippen LogP contribution in [0.3, 0.4) is 0 Å². The summed E-state index contributed by atoms with van der Waals surface area (Å²) in [5.41, 5.74) is 5.77. The maximum absolute atomic E-state index is 13.0. The number of alkyl halides is 3. The van der Waals surface area contributed by atoms with E-state index in [4.69, 9.17) is 5.73 Å². The fourth-order valence-electron chi connectivity index (χ4n) is 1.50. The highest BCUT2D eigenvalue weighted by Crippen LogP contribution is 2.29. The molecule has 0 aromatic heterocycles. The minimum absolute atomic E-state index is 0.0670. The Labute approximate surface area is 97.0 Å². The van der Waals surface area contributed by atoms with E-state index >= 15 is 0 Å². The van der Waals surface area contributed by atoms with Crippen LogP contribution in [0.4, 0.5) is 28.9 Å². The molecule has 0 saturated carbocycles. The van der Waals surface area contributed by atoms with Crippen molar-refractivity contribution in [2.24, 2.45) is 0 Å². The Morgan fingerprint density at radius 1 is 1.29 bits per heavy atom. The third-order valence-corrected chi connectivity index (χ3v) is 2.27. The van der Waals surface area contributed by atoms with E-state index in [0.717, 1.165) is 17.0 Å². The number of halogens is 4. The quantitative estimate of drug-likeness (QED) is 0.659. The van der Waals surface area contributed by atoms with Crippen molar-refractivity contribution in [3.05, 3.63) is 24.0 Å². The van der Waals surface area contributed by atoms with Crippen molar-refractivity contribution < 1.29 is 17.6 Å². The van der Waals surface area contributed by atoms with E-state index in [1.54, 1.807) is 13.8 Å². The Morgan fingerprint density at radius 3 is 2.35 bits per heavy atom. The SMILES string of the molecule is CC(C)N(CC(F)(F)F)c1cc(F)ccc1N. The van der Waals surface area contributed by atoms with Crippen molar-refractivity contribution in [2.75, 3.05) is 17.2 Å². The van der Waals surface area contributed by atoms with Gasteiger partial charge in [-0.1, -0.05) is 0 Å². The van der Waals surface area contributed by atoms with E-state index in [1.165, 1.54) is 6.07 Å². The minimum atomic E-state index is -4.36. The first-order valence-electron chi connectivity index (χ1n) is 5.09. The molecule has 2 N–H and O–H groups in total. The van der Waals surface area contributed by atoms with Crippen LogP contribution in [0.5, 0.6) is 0 Å². The molecule has 0 fully saturated rings. The summed E-state index contributed by atoms with van der Waals surface area (Å²) in [5.74, 6) is -0.609. The van der Waals surface area contributed by atoms with Crippen molar-refractivity contribution in [2.45, 2.75) is 26.1 Å². The molecular weight excluding hydrogens is 236 g/mol. The van der Waals surface area contributed by atoms with Crippen molar-refractivity contribution in [3.63, 3.8) is 0 Å². The topological polar surface area (TPSA) is 29.3 Å². The number of nitrogens with two attached hydrogens (primary N) is 1. The standard InChI is InChI=1S/C11H14F4N2/c1-7(2)17(6-11(13,14)15)10-5-8(12)3-4-9(10)16/h3-5,7H,6,16H2,1-2H3. The lowest BCUT2D eigenvalue weighted by Gasteiger charge is -2.30. The molecule has 0 amide bonds. The van der Waals surface area contributed by atoms with Gasteiger partial charge in [-0.05, 0) is 32.0 Å². The molecule has 0 aliphatic rings. The highest BCUT2D eigenvalue weighted by molar-refractivity contribution is 5.68. The third kappa shape index (κ3) is 3.80. The van der Waals surface area contributed by atoms with Gasteiger partial charge in [0, 0.05) is 6.04 Å². The van der Waals surface area contributed by atoms with Gasteiger partial charge in [-0.3, -0.25) is 0 Å². The van der Waals surface area contributed by atoms with Crippen molar-refractivity contribution in [1.29, 1.82) is 0 Å². The minimum Gasteiger partial charge on any atom is -0.397 e. The fourth-order valence-corrected chi connectivity index (χ4v) is 1.50. The van der Waals surface area contributed by atoms with E-state index in [9.17, 15) is 17.6 Å². The highest BCUT2D eigenvalue weighted by Gasteiger charge is 2.32. The molecule has 1 aromatic rings. The Kier molecular flexibility index (Phi) is 3.85. The number of rotatable bonds is 3. The second kappa shape index (κ2) is 4.81. The highest BCUT2D eigenvalue weighted by atomic mass is 19.4. The smallest absolute Gasteiger partial charge is 0.397 e. The van der Waals surface area contributed by atoms with E-state index in [-0.39, 0.29) is 11.4 Å². The molecule has 0 spiro atoms. The second-order valence-electron chi connectivity index (χ2n) is 4.04. The molecule has 0 aliphatic carbocycles. The Morgan fingerprint density at radius 2 is 1.88 bits per heavy atom. The van der Waals surface area contributed by atoms with E-state index < -0.39 is 24.6 Å². The molecule has 17 heavy (non-hydrogen) atoms. The average Bonchev–Trinajstić information content (AvgIpc) is 2.17. The Balaban J connectivity index is 3.10. The van der Waals surface area contributed by atoms with Gasteiger partial charge in [0.2, 0.25) is 0 Å². The normalized spacial score (nSPS) is 11.9. The maximum Gasteiger partial charge on any atom is 0.405 e. The van der Waals surface area contributed by atoms with E-state index in [2.05, 4.69) is 0 Å². The summed E-state index contributed by atoms with van der Waals surface area (Å²) in [4.78, 5) is 1.03. The summed E-state index contributed by atoms with van der Waals surface area (Å²) in [6.45, 7) is 2.03. The molecule has 96 valence electrons. The predicted molar refractivity (Wildman–Crippen MR) is 59.3 cm³/mol. The number of anilines is 2. The monoisotopic (exact) mass is 250 g/mol. The van der Waals surface area contributed by atoms with Crippen LogP contribution in [0.25, 0.3) is 0 Å². The van der Waals surface area contributed by atoms with Gasteiger partial charge < -0.3 is 10.6 Å². The van der Waals surface area contributed by atoms with Crippen molar-refractivity contribution in [1.82, 2.24) is 0 Å². The average molecular weight is 250 g/mol. The zero-order valence-electron chi connectivity index (χ0n) is 9.55. The lowest BCUT2D eigenvalue weighted by atomic mass is 10.2. The van der Waals surface area contributed by atoms with Crippen LogP contribution in [0.15, 0.2) is 18.2 Å². The number of nitrogens with zero attached hydrogens (tertiary/aromatic N) is 1. The maximum atomic E-state index is 13.0. The number of hydrogen-bond donors (Lipinski definition) is 1. The van der Waals surface area contributed by atoms with Crippen molar-refractivity contribution >= 4 is 11.4 Å². The van der Waals surface area contributed by atoms with Crippen LogP contribution in [-0.2, 0) is 0 Å². The predicted octanol–water partition coefficient (Wildman–Crippen LogP) is 3.19. The van der Waals surface area contributed by atoms with Crippen LogP contribution in [-0.4, -0.2) is 18.8 Å². The molecule has 6 heteroatoms. The van der Waals surface area contributed by atoms with Crippen LogP contribution < -0.4 is 10.6 Å². The summed E-state index contributed by atoms with van der Waals surface area (Å²) in [6.07, 6.45) is -4.36. The van der Waals surface area contributed by atoms with E-state index in [1.807, 2.05) is 0 Å². The van der Waals surface area contributed by atoms with Gasteiger partial charge in [0.25, 0.3) is 0 Å². The van der Waals surface area contributed by atoms with Gasteiger partial charge in [0.15, 0.2) is 0 Å². The lowest BCUT2D eigenvalue weighted by molar-refractivity contribution is -0.120. The fraction of sp³-hybridized carbons (Fsp3) is 0.455. The first-order chi connectivity index (χ1) is 7.70. The molecule has 0 unspecified atom stereocenters. The molecule has 1 rings (SSSR count). The second-order valence-corrected chi connectivity index (χ2v) is 4.04. The summed E-state index contributed by atoms with van der Waals surface area (Å²) in [5, 5.41) is 0. The molecule has 0 bridgehead atoms.